The first-order valence-corrected chi connectivity index (χ1v) is 15.8. The molecule has 7 rings (SSSR count). The van der Waals surface area contributed by atoms with Gasteiger partial charge in [0.15, 0.2) is 0 Å². The molecule has 0 unspecified atom stereocenters. The lowest BCUT2D eigenvalue weighted by Crippen LogP contribution is -2.42. The molecule has 4 atom stereocenters. The first-order chi connectivity index (χ1) is 22.4. The van der Waals surface area contributed by atoms with Gasteiger partial charge in [-0.1, -0.05) is 18.2 Å². The SMILES string of the molecule is COCCN1C[C@@H](NC(=O)Nc2c(C)c(-c3cnc(N4C[C@@H]5CC[C@@H](C5)C4)nc3)nn2-c2ccccc2)[C@H](c2ccnc(F)c2)O1. The first kappa shape index (κ1) is 30.2. The summed E-state index contributed by atoms with van der Waals surface area (Å²) in [6.45, 7) is 5.25. The molecule has 13 heteroatoms. The lowest BCUT2D eigenvalue weighted by Gasteiger charge is -2.31. The summed E-state index contributed by atoms with van der Waals surface area (Å²) in [5.74, 6) is 2.11. The number of hydrogen-bond acceptors (Lipinski definition) is 9. The molecular weight excluding hydrogens is 589 g/mol. The van der Waals surface area contributed by atoms with Gasteiger partial charge in [0, 0.05) is 63.0 Å². The van der Waals surface area contributed by atoms with Crippen molar-refractivity contribution in [2.45, 2.75) is 38.3 Å². The van der Waals surface area contributed by atoms with Crippen LogP contribution in [0.25, 0.3) is 16.9 Å². The van der Waals surface area contributed by atoms with Crippen LogP contribution in [-0.2, 0) is 9.57 Å². The summed E-state index contributed by atoms with van der Waals surface area (Å²) in [5.41, 5.74) is 3.56. The Morgan fingerprint density at radius 2 is 1.83 bits per heavy atom. The van der Waals surface area contributed by atoms with Crippen molar-refractivity contribution in [3.63, 3.8) is 0 Å². The van der Waals surface area contributed by atoms with E-state index >= 15 is 0 Å². The van der Waals surface area contributed by atoms with Crippen molar-refractivity contribution in [3.05, 3.63) is 78.1 Å². The molecule has 12 nitrogen and oxygen atoms in total. The van der Waals surface area contributed by atoms with Gasteiger partial charge >= 0.3 is 6.03 Å². The van der Waals surface area contributed by atoms with E-state index in [9.17, 15) is 9.18 Å². The first-order valence-electron chi connectivity index (χ1n) is 15.8. The average molecular weight is 628 g/mol. The molecular formula is C33H38FN9O3. The largest absolute Gasteiger partial charge is 0.383 e. The lowest BCUT2D eigenvalue weighted by molar-refractivity contribution is -0.154. The number of benzene rings is 1. The predicted molar refractivity (Wildman–Crippen MR) is 170 cm³/mol. The fourth-order valence-corrected chi connectivity index (χ4v) is 6.90. The smallest absolute Gasteiger partial charge is 0.320 e. The second-order valence-electron chi connectivity index (χ2n) is 12.3. The third-order valence-electron chi connectivity index (χ3n) is 9.13. The number of ether oxygens (including phenoxy) is 1. The number of carbonyl (C=O) groups is 1. The predicted octanol–water partition coefficient (Wildman–Crippen LogP) is 4.53. The minimum absolute atomic E-state index is 0.385. The number of rotatable bonds is 9. The Morgan fingerprint density at radius 3 is 2.54 bits per heavy atom. The summed E-state index contributed by atoms with van der Waals surface area (Å²) in [6, 6.07) is 11.7. The summed E-state index contributed by atoms with van der Waals surface area (Å²) in [7, 11) is 1.61. The van der Waals surface area contributed by atoms with Crippen LogP contribution in [0.3, 0.4) is 0 Å². The number of amides is 2. The van der Waals surface area contributed by atoms with Crippen LogP contribution in [0, 0.1) is 24.7 Å². The van der Waals surface area contributed by atoms with Crippen LogP contribution in [0.5, 0.6) is 0 Å². The molecule has 2 amide bonds. The van der Waals surface area contributed by atoms with Gasteiger partial charge in [-0.25, -0.2) is 24.4 Å². The molecule has 240 valence electrons. The molecule has 2 aliphatic heterocycles. The zero-order valence-corrected chi connectivity index (χ0v) is 26.0. The summed E-state index contributed by atoms with van der Waals surface area (Å²) >= 11 is 0. The highest BCUT2D eigenvalue weighted by atomic mass is 19.1. The maximum absolute atomic E-state index is 14.0. The fourth-order valence-electron chi connectivity index (χ4n) is 6.90. The number of methoxy groups -OCH3 is 1. The van der Waals surface area contributed by atoms with E-state index in [2.05, 4.69) is 20.5 Å². The van der Waals surface area contributed by atoms with E-state index in [0.29, 0.717) is 36.8 Å². The van der Waals surface area contributed by atoms with Crippen molar-refractivity contribution in [2.24, 2.45) is 11.8 Å². The molecule has 3 aliphatic rings. The van der Waals surface area contributed by atoms with Crippen molar-refractivity contribution >= 4 is 17.8 Å². The minimum atomic E-state index is -0.616. The number of urea groups is 1. The number of anilines is 2. The van der Waals surface area contributed by atoms with Crippen molar-refractivity contribution in [3.8, 4) is 16.9 Å². The van der Waals surface area contributed by atoms with Crippen LogP contribution < -0.4 is 15.5 Å². The van der Waals surface area contributed by atoms with Crippen molar-refractivity contribution in [1.29, 1.82) is 0 Å². The molecule has 1 saturated carbocycles. The summed E-state index contributed by atoms with van der Waals surface area (Å²) in [5, 5.41) is 12.7. The molecule has 1 aliphatic carbocycles. The highest BCUT2D eigenvalue weighted by Gasteiger charge is 2.37. The number of carbonyl (C=O) groups excluding carboxylic acids is 1. The molecule has 1 aromatic carbocycles. The Hall–Kier alpha value is -4.46. The second-order valence-corrected chi connectivity index (χ2v) is 12.3. The third kappa shape index (κ3) is 6.30. The van der Waals surface area contributed by atoms with E-state index in [1.807, 2.05) is 49.6 Å². The van der Waals surface area contributed by atoms with Gasteiger partial charge in [-0.15, -0.1) is 0 Å². The lowest BCUT2D eigenvalue weighted by atomic mass is 9.99. The van der Waals surface area contributed by atoms with Crippen molar-refractivity contribution in [2.75, 3.05) is 50.1 Å². The normalized spacial score (nSPS) is 22.7. The number of piperidine rings is 1. The topological polar surface area (TPSA) is 123 Å². The molecule has 0 spiro atoms. The summed E-state index contributed by atoms with van der Waals surface area (Å²) in [4.78, 5) is 35.1. The van der Waals surface area contributed by atoms with Gasteiger partial charge in [-0.2, -0.15) is 14.6 Å². The Morgan fingerprint density at radius 1 is 1.07 bits per heavy atom. The van der Waals surface area contributed by atoms with Gasteiger partial charge in [-0.05, 0) is 67.9 Å². The molecule has 4 aromatic rings. The molecule has 46 heavy (non-hydrogen) atoms. The van der Waals surface area contributed by atoms with E-state index in [1.165, 1.54) is 31.5 Å². The second kappa shape index (κ2) is 13.1. The van der Waals surface area contributed by atoms with E-state index in [0.717, 1.165) is 47.7 Å². The number of nitrogens with one attached hydrogen (secondary N) is 2. The Kier molecular flexibility index (Phi) is 8.61. The number of halogens is 1. The van der Waals surface area contributed by atoms with Gasteiger partial charge in [0.05, 0.1) is 18.3 Å². The van der Waals surface area contributed by atoms with Gasteiger partial charge in [-0.3, -0.25) is 10.2 Å². The number of para-hydroxylation sites is 1. The maximum Gasteiger partial charge on any atom is 0.320 e. The molecule has 3 fully saturated rings. The van der Waals surface area contributed by atoms with E-state index in [1.54, 1.807) is 22.9 Å². The van der Waals surface area contributed by atoms with E-state index in [4.69, 9.17) is 24.6 Å². The third-order valence-corrected chi connectivity index (χ3v) is 9.13. The van der Waals surface area contributed by atoms with Gasteiger partial charge < -0.3 is 15.0 Å². The summed E-state index contributed by atoms with van der Waals surface area (Å²) < 4.78 is 20.9. The standard InChI is InChI=1S/C33H38FN9O3/c1-21-29(25-16-36-32(37-17-25)41-18-22-8-9-23(14-22)19-41)40-43(26-6-4-3-5-7-26)31(21)39-33(44)38-27-20-42(12-13-45-2)46-30(27)24-10-11-35-28(34)15-24/h3-7,10-11,15-17,22-23,27,30H,8-9,12-14,18-20H2,1-2H3,(H2,38,39,44)/t22-,23+,27-,30+/m1/s1. The van der Waals surface area contributed by atoms with Crippen molar-refractivity contribution < 1.29 is 18.8 Å². The highest BCUT2D eigenvalue weighted by molar-refractivity contribution is 5.91. The van der Waals surface area contributed by atoms with Crippen LogP contribution in [0.15, 0.2) is 61.1 Å². The molecule has 2 bridgehead atoms. The van der Waals surface area contributed by atoms with Crippen LogP contribution in [-0.4, -0.2) is 81.8 Å². The van der Waals surface area contributed by atoms with Gasteiger partial charge in [0.2, 0.25) is 11.9 Å². The van der Waals surface area contributed by atoms with Crippen LogP contribution >= 0.6 is 0 Å². The van der Waals surface area contributed by atoms with Gasteiger partial charge in [0.25, 0.3) is 0 Å². The van der Waals surface area contributed by atoms with Crippen molar-refractivity contribution in [1.82, 2.24) is 35.1 Å². The number of hydroxylamine groups is 2. The van der Waals surface area contributed by atoms with E-state index < -0.39 is 24.1 Å². The fraction of sp³-hybridized carbons (Fsp3) is 0.424. The average Bonchev–Trinajstić information content (AvgIpc) is 3.74. The number of nitrogens with zero attached hydrogens (tertiary/aromatic N) is 7. The molecule has 5 heterocycles. The summed E-state index contributed by atoms with van der Waals surface area (Å²) in [6.07, 6.45) is 8.31. The van der Waals surface area contributed by atoms with E-state index in [-0.39, 0.29) is 0 Å². The molecule has 2 saturated heterocycles. The Balaban J connectivity index is 1.13. The molecule has 3 aromatic heterocycles. The monoisotopic (exact) mass is 627 g/mol. The quantitative estimate of drug-likeness (QED) is 0.258. The Bertz CT molecular complexity index is 1660. The number of aromatic nitrogens is 5. The number of pyridine rings is 1. The minimum Gasteiger partial charge on any atom is -0.383 e. The number of fused-ring (bicyclic) bond motifs is 2. The van der Waals surface area contributed by atoms with Crippen LogP contribution in [0.4, 0.5) is 21.0 Å². The highest BCUT2D eigenvalue weighted by Crippen LogP contribution is 2.38. The molecule has 0 radical (unpaired) electrons. The van der Waals surface area contributed by atoms with Gasteiger partial charge in [0.1, 0.15) is 17.6 Å². The molecule has 2 N–H and O–H groups in total. The van der Waals surface area contributed by atoms with Crippen LogP contribution in [0.1, 0.15) is 36.5 Å². The van der Waals surface area contributed by atoms with Crippen LogP contribution in [0.2, 0.25) is 0 Å². The maximum atomic E-state index is 14.0. The number of hydrogen-bond donors (Lipinski definition) is 2. The Labute approximate surface area is 266 Å². The zero-order valence-electron chi connectivity index (χ0n) is 26.0. The zero-order chi connectivity index (χ0) is 31.6.